The lowest BCUT2D eigenvalue weighted by molar-refractivity contribution is 0.513. The molecule has 0 spiro atoms. The Balaban J connectivity index is 2.66. The van der Waals surface area contributed by atoms with E-state index in [-0.39, 0.29) is 5.83 Å². The Kier molecular flexibility index (Phi) is 3.73. The second kappa shape index (κ2) is 4.61. The zero-order chi connectivity index (χ0) is 8.97. The van der Waals surface area contributed by atoms with Crippen LogP contribution in [0.25, 0.3) is 0 Å². The number of allylic oxidation sites excluding steroid dienone is 5. The highest BCUT2D eigenvalue weighted by Crippen LogP contribution is 2.26. The topological polar surface area (TPSA) is 0 Å². The number of alkyl halides is 1. The molecule has 0 aromatic carbocycles. The molecular formula is C10H12BrF. The maximum atomic E-state index is 13.0. The Morgan fingerprint density at radius 1 is 1.75 bits per heavy atom. The van der Waals surface area contributed by atoms with Gasteiger partial charge in [-0.15, -0.1) is 6.58 Å². The lowest BCUT2D eigenvalue weighted by atomic mass is 9.93. The molecule has 2 heteroatoms. The first-order chi connectivity index (χ1) is 5.76. The van der Waals surface area contributed by atoms with Gasteiger partial charge in [-0.3, -0.25) is 0 Å². The van der Waals surface area contributed by atoms with E-state index in [2.05, 4.69) is 28.6 Å². The summed E-state index contributed by atoms with van der Waals surface area (Å²) in [5, 5.41) is 0.730. The minimum absolute atomic E-state index is 0.0150. The van der Waals surface area contributed by atoms with Gasteiger partial charge < -0.3 is 0 Å². The zero-order valence-electron chi connectivity index (χ0n) is 6.89. The van der Waals surface area contributed by atoms with Crippen molar-refractivity contribution < 1.29 is 4.39 Å². The Morgan fingerprint density at radius 2 is 2.50 bits per heavy atom. The van der Waals surface area contributed by atoms with E-state index in [9.17, 15) is 4.39 Å². The predicted molar refractivity (Wildman–Crippen MR) is 54.0 cm³/mol. The first-order valence-electron chi connectivity index (χ1n) is 4.00. The summed E-state index contributed by atoms with van der Waals surface area (Å²) in [5.74, 6) is 0.291. The molecule has 0 N–H and O–H groups in total. The van der Waals surface area contributed by atoms with E-state index < -0.39 is 0 Å². The molecule has 0 saturated carbocycles. The van der Waals surface area contributed by atoms with Gasteiger partial charge in [0, 0.05) is 11.8 Å². The van der Waals surface area contributed by atoms with Crippen LogP contribution in [0.1, 0.15) is 12.8 Å². The Morgan fingerprint density at radius 3 is 3.08 bits per heavy atom. The molecule has 0 fully saturated rings. The number of hydrogen-bond donors (Lipinski definition) is 0. The van der Waals surface area contributed by atoms with Crippen molar-refractivity contribution in [1.29, 1.82) is 0 Å². The van der Waals surface area contributed by atoms with Gasteiger partial charge in [0.25, 0.3) is 0 Å². The van der Waals surface area contributed by atoms with Gasteiger partial charge in [-0.2, -0.15) is 0 Å². The van der Waals surface area contributed by atoms with Crippen molar-refractivity contribution in [2.24, 2.45) is 5.92 Å². The summed E-state index contributed by atoms with van der Waals surface area (Å²) in [6, 6.07) is 0. The minimum atomic E-state index is -0.0150. The van der Waals surface area contributed by atoms with Crippen molar-refractivity contribution in [3.63, 3.8) is 0 Å². The molecule has 0 aromatic rings. The molecule has 1 unspecified atom stereocenters. The summed E-state index contributed by atoms with van der Waals surface area (Å²) in [4.78, 5) is 0. The summed E-state index contributed by atoms with van der Waals surface area (Å²) in [5.41, 5.74) is 1.03. The van der Waals surface area contributed by atoms with Gasteiger partial charge in [-0.05, 0) is 24.0 Å². The molecule has 0 amide bonds. The molecule has 0 aliphatic heterocycles. The molecule has 0 heterocycles. The molecule has 1 aliphatic carbocycles. The lowest BCUT2D eigenvalue weighted by Crippen LogP contribution is -2.02. The van der Waals surface area contributed by atoms with Gasteiger partial charge >= 0.3 is 0 Å². The van der Waals surface area contributed by atoms with E-state index in [1.165, 1.54) is 0 Å². The molecule has 0 aromatic heterocycles. The molecule has 12 heavy (non-hydrogen) atoms. The Labute approximate surface area is 81.0 Å². The normalized spacial score (nSPS) is 23.0. The standard InChI is InChI=1S/C10H12BrF/c1-2-3-8-4-9(7-11)6-10(12)5-8/h2,4,6,8H,1,3,5,7H2. The van der Waals surface area contributed by atoms with Crippen LogP contribution in [0.15, 0.2) is 36.2 Å². The average Bonchev–Trinajstić information content (AvgIpc) is 2.04. The van der Waals surface area contributed by atoms with Crippen molar-refractivity contribution in [1.82, 2.24) is 0 Å². The summed E-state index contributed by atoms with van der Waals surface area (Å²) in [6.45, 7) is 3.65. The molecule has 66 valence electrons. The summed E-state index contributed by atoms with van der Waals surface area (Å²) < 4.78 is 13.0. The Hall–Kier alpha value is -0.370. The second-order valence-electron chi connectivity index (χ2n) is 2.95. The third-order valence-corrected chi connectivity index (χ3v) is 2.52. The highest BCUT2D eigenvalue weighted by molar-refractivity contribution is 9.09. The van der Waals surface area contributed by atoms with Gasteiger partial charge in [0.2, 0.25) is 0 Å². The maximum Gasteiger partial charge on any atom is 0.101 e. The van der Waals surface area contributed by atoms with Gasteiger partial charge in [0.1, 0.15) is 5.83 Å². The fourth-order valence-corrected chi connectivity index (χ4v) is 1.72. The van der Waals surface area contributed by atoms with E-state index in [0.29, 0.717) is 12.3 Å². The minimum Gasteiger partial charge on any atom is -0.212 e. The third-order valence-electron chi connectivity index (χ3n) is 1.87. The van der Waals surface area contributed by atoms with Gasteiger partial charge in [0.05, 0.1) is 0 Å². The number of rotatable bonds is 3. The van der Waals surface area contributed by atoms with Crippen LogP contribution in [-0.4, -0.2) is 5.33 Å². The number of halogens is 2. The smallest absolute Gasteiger partial charge is 0.101 e. The van der Waals surface area contributed by atoms with Crippen molar-refractivity contribution in [2.75, 3.05) is 5.33 Å². The molecule has 0 nitrogen and oxygen atoms in total. The highest BCUT2D eigenvalue weighted by atomic mass is 79.9. The first-order valence-corrected chi connectivity index (χ1v) is 5.12. The first kappa shape index (κ1) is 9.72. The highest BCUT2D eigenvalue weighted by Gasteiger charge is 2.13. The van der Waals surface area contributed by atoms with Crippen LogP contribution in [0.3, 0.4) is 0 Å². The molecule has 0 bridgehead atoms. The van der Waals surface area contributed by atoms with Crippen molar-refractivity contribution >= 4 is 15.9 Å². The van der Waals surface area contributed by atoms with Gasteiger partial charge in [-0.25, -0.2) is 4.39 Å². The summed E-state index contributed by atoms with van der Waals surface area (Å²) in [6.07, 6.45) is 6.94. The van der Waals surface area contributed by atoms with Crippen molar-refractivity contribution in [3.8, 4) is 0 Å². The third kappa shape index (κ3) is 2.59. The summed E-state index contributed by atoms with van der Waals surface area (Å²) >= 11 is 3.31. The lowest BCUT2D eigenvalue weighted by Gasteiger charge is -2.15. The van der Waals surface area contributed by atoms with Crippen LogP contribution >= 0.6 is 15.9 Å². The van der Waals surface area contributed by atoms with Crippen LogP contribution < -0.4 is 0 Å². The fraction of sp³-hybridized carbons (Fsp3) is 0.400. The van der Waals surface area contributed by atoms with E-state index in [4.69, 9.17) is 0 Å². The quantitative estimate of drug-likeness (QED) is 0.512. The average molecular weight is 231 g/mol. The van der Waals surface area contributed by atoms with Gasteiger partial charge in [0.15, 0.2) is 0 Å². The van der Waals surface area contributed by atoms with Crippen molar-refractivity contribution in [3.05, 3.63) is 36.2 Å². The van der Waals surface area contributed by atoms with E-state index in [0.717, 1.165) is 17.3 Å². The molecule has 0 saturated heterocycles. The van der Waals surface area contributed by atoms with Crippen LogP contribution in [0.2, 0.25) is 0 Å². The van der Waals surface area contributed by atoms with Crippen LogP contribution in [0.5, 0.6) is 0 Å². The number of hydrogen-bond acceptors (Lipinski definition) is 0. The summed E-state index contributed by atoms with van der Waals surface area (Å²) in [7, 11) is 0. The molecular weight excluding hydrogens is 219 g/mol. The van der Waals surface area contributed by atoms with Crippen LogP contribution in [0.4, 0.5) is 4.39 Å². The zero-order valence-corrected chi connectivity index (χ0v) is 8.48. The molecule has 1 rings (SSSR count). The van der Waals surface area contributed by atoms with Crippen LogP contribution in [-0.2, 0) is 0 Å². The molecule has 1 atom stereocenters. The largest absolute Gasteiger partial charge is 0.212 e. The van der Waals surface area contributed by atoms with Gasteiger partial charge in [-0.1, -0.05) is 28.1 Å². The van der Waals surface area contributed by atoms with E-state index in [1.54, 1.807) is 6.08 Å². The fourth-order valence-electron chi connectivity index (χ4n) is 1.37. The monoisotopic (exact) mass is 230 g/mol. The molecule has 0 radical (unpaired) electrons. The van der Waals surface area contributed by atoms with E-state index in [1.807, 2.05) is 6.08 Å². The SMILES string of the molecule is C=CCC1C=C(CBr)C=C(F)C1. The van der Waals surface area contributed by atoms with Crippen LogP contribution in [0, 0.1) is 5.92 Å². The maximum absolute atomic E-state index is 13.0. The van der Waals surface area contributed by atoms with E-state index >= 15 is 0 Å². The predicted octanol–water partition coefficient (Wildman–Crippen LogP) is 3.76. The second-order valence-corrected chi connectivity index (χ2v) is 3.52. The molecule has 1 aliphatic rings. The Bertz CT molecular complexity index is 228. The van der Waals surface area contributed by atoms with Crippen molar-refractivity contribution in [2.45, 2.75) is 12.8 Å².